The Balaban J connectivity index is 3.15. The van der Waals surface area contributed by atoms with Crippen molar-refractivity contribution in [3.63, 3.8) is 0 Å². The molecule has 0 aliphatic rings. The zero-order chi connectivity index (χ0) is 14.6. The molecule has 1 heterocycles. The van der Waals surface area contributed by atoms with Gasteiger partial charge in [0, 0.05) is 29.9 Å². The first-order valence-corrected chi connectivity index (χ1v) is 7.52. The van der Waals surface area contributed by atoms with Crippen LogP contribution in [0.15, 0.2) is 5.03 Å². The van der Waals surface area contributed by atoms with Crippen molar-refractivity contribution >= 4 is 17.6 Å². The molecule has 4 nitrogen and oxygen atoms in total. The van der Waals surface area contributed by atoms with Gasteiger partial charge < -0.3 is 10.4 Å². The number of aromatic nitrogens is 2. The topological polar surface area (TPSA) is 58.0 Å². The Morgan fingerprint density at radius 1 is 1.32 bits per heavy atom. The highest BCUT2D eigenvalue weighted by Gasteiger charge is 2.21. The van der Waals surface area contributed by atoms with Crippen LogP contribution in [0, 0.1) is 6.92 Å². The minimum atomic E-state index is -0.0746. The van der Waals surface area contributed by atoms with E-state index in [1.807, 2.05) is 14.0 Å². The molecule has 1 aromatic rings. The number of nitrogens with one attached hydrogen (secondary N) is 1. The summed E-state index contributed by atoms with van der Waals surface area (Å²) in [5.74, 6) is 1.74. The molecule has 0 fully saturated rings. The van der Waals surface area contributed by atoms with E-state index in [1.165, 1.54) is 0 Å². The van der Waals surface area contributed by atoms with Gasteiger partial charge in [0.2, 0.25) is 0 Å². The molecule has 0 amide bonds. The van der Waals surface area contributed by atoms with Crippen molar-refractivity contribution in [2.75, 3.05) is 19.0 Å². The molecule has 108 valence electrons. The molecule has 1 aromatic heterocycles. The maximum atomic E-state index is 9.01. The molecule has 0 aromatic carbocycles. The minimum absolute atomic E-state index is 0.0746. The number of hydrogen-bond donors (Lipinski definition) is 2. The molecule has 0 saturated carbocycles. The van der Waals surface area contributed by atoms with E-state index in [0.717, 1.165) is 28.7 Å². The van der Waals surface area contributed by atoms with E-state index in [9.17, 15) is 0 Å². The Labute approximate surface area is 120 Å². The van der Waals surface area contributed by atoms with Crippen LogP contribution in [0.3, 0.4) is 0 Å². The van der Waals surface area contributed by atoms with Crippen molar-refractivity contribution in [3.05, 3.63) is 11.4 Å². The van der Waals surface area contributed by atoms with E-state index >= 15 is 0 Å². The first-order chi connectivity index (χ1) is 8.79. The highest BCUT2D eigenvalue weighted by Crippen LogP contribution is 2.31. The molecular formula is C14H25N3OS. The quantitative estimate of drug-likeness (QED) is 0.642. The standard InChI is InChI=1S/C14H25N3OS/c1-9(7-8-18)19-12-10(2)11(15-6)16-13(17-12)14(3,4)5/h9,18H,7-8H2,1-6H3,(H,15,16,17). The summed E-state index contributed by atoms with van der Waals surface area (Å²) in [5.41, 5.74) is 1.000. The van der Waals surface area contributed by atoms with Crippen LogP contribution in [0.2, 0.25) is 0 Å². The number of anilines is 1. The number of aliphatic hydroxyl groups excluding tert-OH is 1. The lowest BCUT2D eigenvalue weighted by molar-refractivity contribution is 0.289. The van der Waals surface area contributed by atoms with Crippen molar-refractivity contribution in [3.8, 4) is 0 Å². The Morgan fingerprint density at radius 3 is 2.42 bits per heavy atom. The number of hydrogen-bond acceptors (Lipinski definition) is 5. The SMILES string of the molecule is CNc1nc(C(C)(C)C)nc(SC(C)CCO)c1C. The van der Waals surface area contributed by atoms with Crippen LogP contribution in [-0.4, -0.2) is 34.0 Å². The minimum Gasteiger partial charge on any atom is -0.396 e. The van der Waals surface area contributed by atoms with Crippen LogP contribution in [0.4, 0.5) is 5.82 Å². The van der Waals surface area contributed by atoms with Gasteiger partial charge in [-0.2, -0.15) is 0 Å². The number of aliphatic hydroxyl groups is 1. The van der Waals surface area contributed by atoms with Crippen LogP contribution < -0.4 is 5.32 Å². The van der Waals surface area contributed by atoms with Crippen molar-refractivity contribution in [2.45, 2.75) is 56.7 Å². The summed E-state index contributed by atoms with van der Waals surface area (Å²) in [6.45, 7) is 10.7. The van der Waals surface area contributed by atoms with Crippen LogP contribution >= 0.6 is 11.8 Å². The molecular weight excluding hydrogens is 258 g/mol. The largest absolute Gasteiger partial charge is 0.396 e. The lowest BCUT2D eigenvalue weighted by atomic mass is 9.95. The Bertz CT molecular complexity index is 429. The number of thioether (sulfide) groups is 1. The molecule has 0 bridgehead atoms. The highest BCUT2D eigenvalue weighted by molar-refractivity contribution is 7.99. The van der Waals surface area contributed by atoms with Gasteiger partial charge in [0.25, 0.3) is 0 Å². The monoisotopic (exact) mass is 283 g/mol. The second-order valence-corrected chi connectivity index (χ2v) is 7.19. The average molecular weight is 283 g/mol. The van der Waals surface area contributed by atoms with E-state index in [-0.39, 0.29) is 12.0 Å². The lowest BCUT2D eigenvalue weighted by Gasteiger charge is -2.21. The first kappa shape index (κ1) is 16.2. The maximum Gasteiger partial charge on any atom is 0.137 e. The fourth-order valence-electron chi connectivity index (χ4n) is 1.62. The molecule has 0 radical (unpaired) electrons. The van der Waals surface area contributed by atoms with Crippen molar-refractivity contribution < 1.29 is 5.11 Å². The fraction of sp³-hybridized carbons (Fsp3) is 0.714. The summed E-state index contributed by atoms with van der Waals surface area (Å²) < 4.78 is 0. The van der Waals surface area contributed by atoms with Crippen LogP contribution in [-0.2, 0) is 5.41 Å². The average Bonchev–Trinajstić information content (AvgIpc) is 2.30. The second kappa shape index (κ2) is 6.57. The summed E-state index contributed by atoms with van der Waals surface area (Å²) in [4.78, 5) is 9.30. The van der Waals surface area contributed by atoms with Crippen molar-refractivity contribution in [1.82, 2.24) is 9.97 Å². The smallest absolute Gasteiger partial charge is 0.137 e. The van der Waals surface area contributed by atoms with Crippen molar-refractivity contribution in [2.24, 2.45) is 0 Å². The number of rotatable bonds is 5. The van der Waals surface area contributed by atoms with Gasteiger partial charge in [-0.15, -0.1) is 11.8 Å². The molecule has 1 atom stereocenters. The first-order valence-electron chi connectivity index (χ1n) is 6.64. The van der Waals surface area contributed by atoms with Gasteiger partial charge in [0.15, 0.2) is 0 Å². The predicted molar refractivity (Wildman–Crippen MR) is 82.0 cm³/mol. The van der Waals surface area contributed by atoms with Crippen molar-refractivity contribution in [1.29, 1.82) is 0 Å². The molecule has 0 saturated heterocycles. The van der Waals surface area contributed by atoms with Gasteiger partial charge in [-0.25, -0.2) is 9.97 Å². The van der Waals surface area contributed by atoms with Gasteiger partial charge in [-0.1, -0.05) is 27.7 Å². The second-order valence-electron chi connectivity index (χ2n) is 5.77. The Morgan fingerprint density at radius 2 is 1.95 bits per heavy atom. The van der Waals surface area contributed by atoms with Gasteiger partial charge in [-0.3, -0.25) is 0 Å². The summed E-state index contributed by atoms with van der Waals surface area (Å²) in [6.07, 6.45) is 0.772. The maximum absolute atomic E-state index is 9.01. The molecule has 1 rings (SSSR count). The fourth-order valence-corrected chi connectivity index (χ4v) is 2.64. The summed E-state index contributed by atoms with van der Waals surface area (Å²) in [6, 6.07) is 0. The third kappa shape index (κ3) is 4.35. The van der Waals surface area contributed by atoms with E-state index in [0.29, 0.717) is 5.25 Å². The van der Waals surface area contributed by atoms with E-state index in [1.54, 1.807) is 11.8 Å². The molecule has 0 spiro atoms. The molecule has 1 unspecified atom stereocenters. The lowest BCUT2D eigenvalue weighted by Crippen LogP contribution is -2.18. The predicted octanol–water partition coefficient (Wildman–Crippen LogP) is 2.99. The molecule has 19 heavy (non-hydrogen) atoms. The van der Waals surface area contributed by atoms with Crippen LogP contribution in [0.5, 0.6) is 0 Å². The van der Waals surface area contributed by atoms with E-state index in [2.05, 4.69) is 38.0 Å². The third-order valence-electron chi connectivity index (χ3n) is 2.86. The zero-order valence-corrected chi connectivity index (χ0v) is 13.6. The molecule has 0 aliphatic heterocycles. The summed E-state index contributed by atoms with van der Waals surface area (Å²) >= 11 is 1.70. The normalized spacial score (nSPS) is 13.4. The van der Waals surface area contributed by atoms with Gasteiger partial charge in [0.05, 0.1) is 0 Å². The summed E-state index contributed by atoms with van der Waals surface area (Å²) in [7, 11) is 1.88. The third-order valence-corrected chi connectivity index (χ3v) is 4.12. The van der Waals surface area contributed by atoms with Crippen LogP contribution in [0.25, 0.3) is 0 Å². The van der Waals surface area contributed by atoms with Gasteiger partial charge in [0.1, 0.15) is 16.7 Å². The Hall–Kier alpha value is -0.810. The summed E-state index contributed by atoms with van der Waals surface area (Å²) in [5, 5.41) is 13.5. The molecule has 2 N–H and O–H groups in total. The van der Waals surface area contributed by atoms with E-state index < -0.39 is 0 Å². The number of nitrogens with zero attached hydrogens (tertiary/aromatic N) is 2. The molecule has 5 heteroatoms. The van der Waals surface area contributed by atoms with Gasteiger partial charge >= 0.3 is 0 Å². The molecule has 0 aliphatic carbocycles. The Kier molecular flexibility index (Phi) is 5.62. The highest BCUT2D eigenvalue weighted by atomic mass is 32.2. The zero-order valence-electron chi connectivity index (χ0n) is 12.7. The van der Waals surface area contributed by atoms with Gasteiger partial charge in [-0.05, 0) is 13.3 Å². The van der Waals surface area contributed by atoms with Crippen LogP contribution in [0.1, 0.15) is 45.5 Å². The van der Waals surface area contributed by atoms with E-state index in [4.69, 9.17) is 10.1 Å².